The molecule has 0 saturated heterocycles. The number of hydrogen-bond acceptors (Lipinski definition) is 4. The highest BCUT2D eigenvalue weighted by Crippen LogP contribution is 2.32. The molecule has 2 aliphatic rings. The average molecular weight is 475 g/mol. The summed E-state index contributed by atoms with van der Waals surface area (Å²) in [5.41, 5.74) is 4.82. The van der Waals surface area contributed by atoms with Gasteiger partial charge in [-0.2, -0.15) is 0 Å². The zero-order valence-electron chi connectivity index (χ0n) is 20.8. The number of aryl methyl sites for hydroxylation is 2. The van der Waals surface area contributed by atoms with Crippen molar-refractivity contribution in [1.29, 1.82) is 0 Å². The summed E-state index contributed by atoms with van der Waals surface area (Å²) >= 11 is 0. The summed E-state index contributed by atoms with van der Waals surface area (Å²) in [5.74, 6) is -0.336. The zero-order chi connectivity index (χ0) is 24.9. The minimum absolute atomic E-state index is 0.00839. The van der Waals surface area contributed by atoms with Gasteiger partial charge in [-0.3, -0.25) is 14.6 Å². The van der Waals surface area contributed by atoms with Crippen LogP contribution in [0.1, 0.15) is 62.1 Å². The Morgan fingerprint density at radius 2 is 1.80 bits per heavy atom. The number of Topliss-reactive ketones (excluding diaryl/α,β-unsaturated/α-hetero) is 1. The normalized spacial score (nSPS) is 18.4. The van der Waals surface area contributed by atoms with Crippen LogP contribution in [0.4, 0.5) is 16.2 Å². The first-order chi connectivity index (χ1) is 16.9. The maximum absolute atomic E-state index is 13.8. The lowest BCUT2D eigenvalue weighted by Crippen LogP contribution is -2.50. The van der Waals surface area contributed by atoms with Gasteiger partial charge in [0.25, 0.3) is 5.91 Å². The van der Waals surface area contributed by atoms with Crippen LogP contribution in [0.2, 0.25) is 0 Å². The summed E-state index contributed by atoms with van der Waals surface area (Å²) < 4.78 is 0. The Labute approximate surface area is 207 Å². The van der Waals surface area contributed by atoms with Crippen LogP contribution < -0.4 is 15.5 Å². The first kappa shape index (κ1) is 24.6. The first-order valence-electron chi connectivity index (χ1n) is 12.5. The molecule has 1 atom stereocenters. The Bertz CT molecular complexity index is 1150. The van der Waals surface area contributed by atoms with E-state index in [1.165, 1.54) is 0 Å². The third-order valence-corrected chi connectivity index (χ3v) is 6.86. The number of anilines is 2. The fourth-order valence-corrected chi connectivity index (χ4v) is 5.04. The highest BCUT2D eigenvalue weighted by atomic mass is 16.2. The molecule has 184 valence electrons. The van der Waals surface area contributed by atoms with Gasteiger partial charge in [-0.15, -0.1) is 0 Å². The lowest BCUT2D eigenvalue weighted by Gasteiger charge is -2.29. The van der Waals surface area contributed by atoms with E-state index in [1.807, 2.05) is 57.2 Å². The van der Waals surface area contributed by atoms with Crippen LogP contribution in [0, 0.1) is 19.8 Å². The Morgan fingerprint density at radius 3 is 2.51 bits per heavy atom. The molecule has 1 saturated carbocycles. The van der Waals surface area contributed by atoms with Crippen molar-refractivity contribution in [3.05, 3.63) is 59.2 Å². The molecular formula is C28H34N4O3. The molecule has 0 aromatic heterocycles. The molecule has 1 unspecified atom stereocenters. The Balaban J connectivity index is 1.64. The minimum Gasteiger partial charge on any atom is -0.308 e. The van der Waals surface area contributed by atoms with Gasteiger partial charge in [0, 0.05) is 22.9 Å². The number of nitrogens with zero attached hydrogens (tertiary/aromatic N) is 2. The highest BCUT2D eigenvalue weighted by molar-refractivity contribution is 6.15. The van der Waals surface area contributed by atoms with Crippen LogP contribution in [0.5, 0.6) is 0 Å². The van der Waals surface area contributed by atoms with Gasteiger partial charge < -0.3 is 15.5 Å². The second-order valence-corrected chi connectivity index (χ2v) is 9.50. The number of amides is 3. The molecule has 3 amide bonds. The van der Waals surface area contributed by atoms with E-state index in [0.717, 1.165) is 54.5 Å². The number of aliphatic imine (C=N–C) groups is 1. The highest BCUT2D eigenvalue weighted by Gasteiger charge is 2.35. The number of benzene rings is 2. The minimum atomic E-state index is -1.12. The van der Waals surface area contributed by atoms with Crippen LogP contribution in [0.3, 0.4) is 0 Å². The molecule has 1 heterocycles. The number of para-hydroxylation sites is 1. The number of carbonyl (C=O) groups is 3. The summed E-state index contributed by atoms with van der Waals surface area (Å²) in [4.78, 5) is 46.1. The molecule has 1 fully saturated rings. The van der Waals surface area contributed by atoms with Crippen molar-refractivity contribution >= 4 is 34.8 Å². The van der Waals surface area contributed by atoms with Gasteiger partial charge in [-0.25, -0.2) is 4.79 Å². The average Bonchev–Trinajstić information content (AvgIpc) is 2.95. The van der Waals surface area contributed by atoms with E-state index < -0.39 is 18.1 Å². The summed E-state index contributed by atoms with van der Waals surface area (Å²) in [6.07, 6.45) is 4.47. The van der Waals surface area contributed by atoms with Crippen LogP contribution >= 0.6 is 0 Å². The SMILES string of the molecule is CCC1=NC(NC(=O)Nc2cccc(C)c2)C(=O)N(CC(=O)C2CCCCC2)c2c(C)cccc21. The molecule has 0 spiro atoms. The molecule has 1 aliphatic carbocycles. The number of fused-ring (bicyclic) bond motifs is 1. The standard InChI is InChI=1S/C28H34N4O3/c1-4-23-22-15-9-11-19(3)25(22)32(17-24(33)20-12-6-5-7-13-20)27(34)26(30-23)31-28(35)29-21-14-8-10-18(2)16-21/h8-11,14-16,20,26H,4-7,12-13,17H2,1-3H3,(H2,29,31,35). The second-order valence-electron chi connectivity index (χ2n) is 9.50. The number of rotatable bonds is 6. The molecule has 2 N–H and O–H groups in total. The molecular weight excluding hydrogens is 440 g/mol. The molecule has 4 rings (SSSR count). The number of benzodiazepines with no additional fused rings is 1. The third kappa shape index (κ3) is 5.61. The second kappa shape index (κ2) is 10.8. The predicted molar refractivity (Wildman–Crippen MR) is 139 cm³/mol. The quantitative estimate of drug-likeness (QED) is 0.607. The monoisotopic (exact) mass is 474 g/mol. The van der Waals surface area contributed by atoms with E-state index in [9.17, 15) is 14.4 Å². The number of carbonyl (C=O) groups excluding carboxylic acids is 3. The molecule has 1 aliphatic heterocycles. The van der Waals surface area contributed by atoms with E-state index >= 15 is 0 Å². The van der Waals surface area contributed by atoms with Crippen molar-refractivity contribution in [2.24, 2.45) is 10.9 Å². The van der Waals surface area contributed by atoms with Crippen molar-refractivity contribution in [2.75, 3.05) is 16.8 Å². The molecule has 2 aromatic rings. The van der Waals surface area contributed by atoms with E-state index in [1.54, 1.807) is 11.0 Å². The molecule has 2 aromatic carbocycles. The summed E-state index contributed by atoms with van der Waals surface area (Å²) in [6, 6.07) is 12.7. The van der Waals surface area contributed by atoms with Crippen molar-refractivity contribution in [2.45, 2.75) is 65.5 Å². The van der Waals surface area contributed by atoms with Crippen LogP contribution in [0.25, 0.3) is 0 Å². The fraction of sp³-hybridized carbons (Fsp3) is 0.429. The predicted octanol–water partition coefficient (Wildman–Crippen LogP) is 5.15. The first-order valence-corrected chi connectivity index (χ1v) is 12.5. The van der Waals surface area contributed by atoms with Gasteiger partial charge in [0.1, 0.15) is 0 Å². The number of hydrogen-bond donors (Lipinski definition) is 2. The van der Waals surface area contributed by atoms with Gasteiger partial charge in [-0.05, 0) is 56.4 Å². The smallest absolute Gasteiger partial charge is 0.308 e. The van der Waals surface area contributed by atoms with Crippen molar-refractivity contribution in [3.8, 4) is 0 Å². The number of ketones is 1. The fourth-order valence-electron chi connectivity index (χ4n) is 5.04. The van der Waals surface area contributed by atoms with E-state index in [-0.39, 0.29) is 18.2 Å². The maximum atomic E-state index is 13.8. The number of nitrogens with one attached hydrogen (secondary N) is 2. The van der Waals surface area contributed by atoms with E-state index in [2.05, 4.69) is 15.6 Å². The summed E-state index contributed by atoms with van der Waals surface area (Å²) in [5, 5.41) is 5.52. The molecule has 7 nitrogen and oxygen atoms in total. The van der Waals surface area contributed by atoms with Crippen LogP contribution in [0.15, 0.2) is 47.5 Å². The van der Waals surface area contributed by atoms with Crippen molar-refractivity contribution in [1.82, 2.24) is 5.32 Å². The van der Waals surface area contributed by atoms with Crippen LogP contribution in [-0.4, -0.2) is 36.1 Å². The Kier molecular flexibility index (Phi) is 7.63. The van der Waals surface area contributed by atoms with Gasteiger partial charge in [0.05, 0.1) is 12.2 Å². The van der Waals surface area contributed by atoms with E-state index in [0.29, 0.717) is 17.8 Å². The zero-order valence-corrected chi connectivity index (χ0v) is 20.8. The topological polar surface area (TPSA) is 90.9 Å². The summed E-state index contributed by atoms with van der Waals surface area (Å²) in [7, 11) is 0. The van der Waals surface area contributed by atoms with Gasteiger partial charge in [-0.1, -0.05) is 56.5 Å². The maximum Gasteiger partial charge on any atom is 0.321 e. The third-order valence-electron chi connectivity index (χ3n) is 6.86. The Hall–Kier alpha value is -3.48. The largest absolute Gasteiger partial charge is 0.321 e. The number of urea groups is 1. The Morgan fingerprint density at radius 1 is 1.06 bits per heavy atom. The van der Waals surface area contributed by atoms with Crippen LogP contribution in [-0.2, 0) is 9.59 Å². The molecule has 0 bridgehead atoms. The van der Waals surface area contributed by atoms with Crippen molar-refractivity contribution in [3.63, 3.8) is 0 Å². The van der Waals surface area contributed by atoms with Gasteiger partial charge in [0.2, 0.25) is 6.17 Å². The molecule has 35 heavy (non-hydrogen) atoms. The lowest BCUT2D eigenvalue weighted by molar-refractivity contribution is -0.126. The molecule has 7 heteroatoms. The van der Waals surface area contributed by atoms with E-state index in [4.69, 9.17) is 0 Å². The van der Waals surface area contributed by atoms with Crippen molar-refractivity contribution < 1.29 is 14.4 Å². The lowest BCUT2D eigenvalue weighted by atomic mass is 9.86. The molecule has 0 radical (unpaired) electrons. The van der Waals surface area contributed by atoms with Gasteiger partial charge in [0.15, 0.2) is 5.78 Å². The van der Waals surface area contributed by atoms with Gasteiger partial charge >= 0.3 is 6.03 Å². The summed E-state index contributed by atoms with van der Waals surface area (Å²) in [6.45, 7) is 5.85.